The number of fused-ring (bicyclic) bond motifs is 2. The van der Waals surface area contributed by atoms with Gasteiger partial charge in [-0.15, -0.1) is 0 Å². The highest BCUT2D eigenvalue weighted by molar-refractivity contribution is 6.12. The molecule has 0 aliphatic rings. The summed E-state index contributed by atoms with van der Waals surface area (Å²) in [6, 6.07) is 17.6. The maximum absolute atomic E-state index is 14.9. The molecule has 0 radical (unpaired) electrons. The molecule has 0 saturated carbocycles. The second-order valence-electron chi connectivity index (χ2n) is 8.11. The fraction of sp³-hybridized carbons (Fsp3) is 0.148. The van der Waals surface area contributed by atoms with Gasteiger partial charge in [0.15, 0.2) is 0 Å². The SMILES string of the molecule is COc1ccc([C@@H](C)n2cc3nc4c(-c5c(F)cccc5OC)cccc4c(N)c3c2O)cc1. The first-order chi connectivity index (χ1) is 16.4. The van der Waals surface area contributed by atoms with Crippen molar-refractivity contribution in [3.63, 3.8) is 0 Å². The van der Waals surface area contributed by atoms with Crippen LogP contribution in [-0.2, 0) is 0 Å². The minimum Gasteiger partial charge on any atom is -0.497 e. The van der Waals surface area contributed by atoms with Crippen molar-refractivity contribution < 1.29 is 19.0 Å². The molecule has 0 aliphatic heterocycles. The van der Waals surface area contributed by atoms with Gasteiger partial charge >= 0.3 is 0 Å². The van der Waals surface area contributed by atoms with Crippen molar-refractivity contribution in [1.29, 1.82) is 0 Å². The number of aromatic hydroxyl groups is 1. The molecule has 1 atom stereocenters. The molecule has 6 nitrogen and oxygen atoms in total. The van der Waals surface area contributed by atoms with Crippen molar-refractivity contribution in [2.24, 2.45) is 0 Å². The lowest BCUT2D eigenvalue weighted by Crippen LogP contribution is -2.04. The fourth-order valence-electron chi connectivity index (χ4n) is 4.46. The number of para-hydroxylation sites is 1. The predicted molar refractivity (Wildman–Crippen MR) is 132 cm³/mol. The third-order valence-electron chi connectivity index (χ3n) is 6.29. The Morgan fingerprint density at radius 3 is 2.44 bits per heavy atom. The molecule has 0 saturated heterocycles. The number of nitrogens with zero attached hydrogens (tertiary/aromatic N) is 2. The zero-order valence-corrected chi connectivity index (χ0v) is 19.0. The first-order valence-electron chi connectivity index (χ1n) is 10.8. The quantitative estimate of drug-likeness (QED) is 0.343. The third kappa shape index (κ3) is 3.28. The molecule has 0 amide bonds. The van der Waals surface area contributed by atoms with Gasteiger partial charge in [-0.05, 0) is 36.8 Å². The number of benzene rings is 3. The molecule has 0 fully saturated rings. The van der Waals surface area contributed by atoms with E-state index in [1.165, 1.54) is 13.2 Å². The number of nitrogen functional groups attached to an aromatic ring is 1. The first kappa shape index (κ1) is 21.6. The van der Waals surface area contributed by atoms with Crippen molar-refractivity contribution in [3.05, 3.63) is 78.2 Å². The number of nitrogens with two attached hydrogens (primary N) is 1. The maximum atomic E-state index is 14.9. The second-order valence-corrected chi connectivity index (χ2v) is 8.11. The minimum atomic E-state index is -0.416. The van der Waals surface area contributed by atoms with Gasteiger partial charge < -0.3 is 24.9 Å². The molecule has 0 spiro atoms. The molecule has 2 heterocycles. The Morgan fingerprint density at radius 2 is 1.74 bits per heavy atom. The highest BCUT2D eigenvalue weighted by Gasteiger charge is 2.22. The standard InChI is InChI=1S/C27H24FN3O3/c1-15(16-10-12-17(33-2)13-11-16)31-14-21-24(27(31)32)25(29)19-7-4-6-18(26(19)30-21)23-20(28)8-5-9-22(23)34-3/h4-15,32H,29H2,1-3H3/t15-/m1/s1. The van der Waals surface area contributed by atoms with Gasteiger partial charge in [0.2, 0.25) is 5.88 Å². The van der Waals surface area contributed by atoms with E-state index in [9.17, 15) is 9.50 Å². The molecule has 172 valence electrons. The average molecular weight is 458 g/mol. The van der Waals surface area contributed by atoms with Crippen LogP contribution in [0.5, 0.6) is 17.4 Å². The summed E-state index contributed by atoms with van der Waals surface area (Å²) in [6.07, 6.45) is 1.77. The van der Waals surface area contributed by atoms with Gasteiger partial charge in [0.25, 0.3) is 0 Å². The summed E-state index contributed by atoms with van der Waals surface area (Å²) < 4.78 is 27.3. The fourth-order valence-corrected chi connectivity index (χ4v) is 4.46. The number of pyridine rings is 1. The lowest BCUT2D eigenvalue weighted by Gasteiger charge is -2.15. The van der Waals surface area contributed by atoms with E-state index in [0.29, 0.717) is 44.4 Å². The number of anilines is 1. The van der Waals surface area contributed by atoms with Crippen LogP contribution in [0.1, 0.15) is 18.5 Å². The van der Waals surface area contributed by atoms with Crippen LogP contribution < -0.4 is 15.2 Å². The highest BCUT2D eigenvalue weighted by atomic mass is 19.1. The van der Waals surface area contributed by atoms with Crippen molar-refractivity contribution >= 4 is 27.5 Å². The molecule has 0 bridgehead atoms. The van der Waals surface area contributed by atoms with E-state index in [-0.39, 0.29) is 11.9 Å². The number of ether oxygens (including phenoxy) is 2. The van der Waals surface area contributed by atoms with Gasteiger partial charge in [-0.1, -0.05) is 36.4 Å². The summed E-state index contributed by atoms with van der Waals surface area (Å²) in [7, 11) is 3.12. The molecule has 3 N–H and O–H groups in total. The van der Waals surface area contributed by atoms with Crippen molar-refractivity contribution in [2.75, 3.05) is 20.0 Å². The number of methoxy groups -OCH3 is 2. The van der Waals surface area contributed by atoms with Crippen LogP contribution in [0.25, 0.3) is 32.9 Å². The van der Waals surface area contributed by atoms with Crippen LogP contribution in [-0.4, -0.2) is 28.9 Å². The molecule has 34 heavy (non-hydrogen) atoms. The van der Waals surface area contributed by atoms with E-state index in [1.54, 1.807) is 42.1 Å². The van der Waals surface area contributed by atoms with Gasteiger partial charge in [-0.25, -0.2) is 9.37 Å². The average Bonchev–Trinajstić information content (AvgIpc) is 3.19. The van der Waals surface area contributed by atoms with Gasteiger partial charge in [0.1, 0.15) is 17.3 Å². The van der Waals surface area contributed by atoms with Crippen molar-refractivity contribution in [2.45, 2.75) is 13.0 Å². The Morgan fingerprint density at radius 1 is 1.00 bits per heavy atom. The second kappa shape index (κ2) is 8.26. The smallest absolute Gasteiger partial charge is 0.203 e. The van der Waals surface area contributed by atoms with Crippen LogP contribution >= 0.6 is 0 Å². The summed E-state index contributed by atoms with van der Waals surface area (Å²) in [4.78, 5) is 4.81. The Balaban J connectivity index is 1.73. The van der Waals surface area contributed by atoms with Crippen LogP contribution in [0.15, 0.2) is 66.9 Å². The van der Waals surface area contributed by atoms with Crippen LogP contribution in [0.2, 0.25) is 0 Å². The number of hydrogen-bond donors (Lipinski definition) is 2. The van der Waals surface area contributed by atoms with Crippen LogP contribution in [0, 0.1) is 5.82 Å². The normalized spacial score (nSPS) is 12.2. The molecule has 0 unspecified atom stereocenters. The topological polar surface area (TPSA) is 82.5 Å². The highest BCUT2D eigenvalue weighted by Crippen LogP contribution is 2.42. The van der Waals surface area contributed by atoms with E-state index in [1.807, 2.05) is 37.3 Å². The molecule has 2 aromatic heterocycles. The zero-order valence-electron chi connectivity index (χ0n) is 19.0. The molecule has 5 aromatic rings. The van der Waals surface area contributed by atoms with E-state index >= 15 is 0 Å². The molecular formula is C27H24FN3O3. The van der Waals surface area contributed by atoms with Gasteiger partial charge in [-0.2, -0.15) is 0 Å². The number of aromatic nitrogens is 2. The van der Waals surface area contributed by atoms with Gasteiger partial charge in [0.05, 0.1) is 47.9 Å². The molecular weight excluding hydrogens is 433 g/mol. The molecule has 5 rings (SSSR count). The Kier molecular flexibility index (Phi) is 5.24. The van der Waals surface area contributed by atoms with Gasteiger partial charge in [-0.3, -0.25) is 0 Å². The zero-order chi connectivity index (χ0) is 24.0. The summed E-state index contributed by atoms with van der Waals surface area (Å²) in [5, 5.41) is 12.2. The van der Waals surface area contributed by atoms with Gasteiger partial charge in [0, 0.05) is 17.1 Å². The Hall–Kier alpha value is -4.26. The number of halogens is 1. The van der Waals surface area contributed by atoms with Crippen LogP contribution in [0.4, 0.5) is 10.1 Å². The lowest BCUT2D eigenvalue weighted by atomic mass is 9.99. The maximum Gasteiger partial charge on any atom is 0.203 e. The predicted octanol–water partition coefficient (Wildman–Crippen LogP) is 5.91. The summed E-state index contributed by atoms with van der Waals surface area (Å²) in [5.74, 6) is 0.771. The third-order valence-corrected chi connectivity index (χ3v) is 6.29. The minimum absolute atomic E-state index is 0.0269. The van der Waals surface area contributed by atoms with E-state index in [4.69, 9.17) is 20.2 Å². The number of rotatable bonds is 5. The van der Waals surface area contributed by atoms with Crippen molar-refractivity contribution in [1.82, 2.24) is 9.55 Å². The molecule has 7 heteroatoms. The summed E-state index contributed by atoms with van der Waals surface area (Å²) in [6.45, 7) is 1.98. The molecule has 3 aromatic carbocycles. The van der Waals surface area contributed by atoms with E-state index in [0.717, 1.165) is 11.3 Å². The summed E-state index contributed by atoms with van der Waals surface area (Å²) in [5.41, 5.74) is 9.85. The van der Waals surface area contributed by atoms with Crippen molar-refractivity contribution in [3.8, 4) is 28.5 Å². The van der Waals surface area contributed by atoms with Crippen LogP contribution in [0.3, 0.4) is 0 Å². The summed E-state index contributed by atoms with van der Waals surface area (Å²) >= 11 is 0. The Labute approximate surface area is 196 Å². The van der Waals surface area contributed by atoms with E-state index < -0.39 is 5.82 Å². The largest absolute Gasteiger partial charge is 0.497 e. The monoisotopic (exact) mass is 457 g/mol. The Bertz CT molecular complexity index is 1530. The first-order valence-corrected chi connectivity index (χ1v) is 10.8. The van der Waals surface area contributed by atoms with E-state index in [2.05, 4.69) is 0 Å². The number of hydrogen-bond acceptors (Lipinski definition) is 5. The molecule has 0 aliphatic carbocycles. The lowest BCUT2D eigenvalue weighted by molar-refractivity contribution is 0.409.